The quantitative estimate of drug-likeness (QED) is 0.580. The lowest BCUT2D eigenvalue weighted by Gasteiger charge is -2.27. The number of hydrogen-bond donors (Lipinski definition) is 0. The van der Waals surface area contributed by atoms with Gasteiger partial charge in [-0.15, -0.1) is 0 Å². The molecule has 0 aliphatic carbocycles. The van der Waals surface area contributed by atoms with E-state index in [0.717, 1.165) is 34.9 Å². The number of rotatable bonds is 5. The Labute approximate surface area is 161 Å². The van der Waals surface area contributed by atoms with Crippen molar-refractivity contribution in [2.24, 2.45) is 0 Å². The van der Waals surface area contributed by atoms with Crippen molar-refractivity contribution in [1.82, 2.24) is 0 Å². The van der Waals surface area contributed by atoms with E-state index in [2.05, 4.69) is 0 Å². The first-order valence-corrected chi connectivity index (χ1v) is 13.3. The van der Waals surface area contributed by atoms with Crippen molar-refractivity contribution in [3.05, 3.63) is 91.0 Å². The molecule has 0 saturated carbocycles. The molecule has 0 aromatic heterocycles. The molecule has 0 bridgehead atoms. The molecule has 0 unspecified atom stereocenters. The molecule has 138 valence electrons. The largest absolute Gasteiger partial charge is 0.318 e. The monoisotopic (exact) mass is 394 g/mol. The Bertz CT molecular complexity index is 941. The van der Waals surface area contributed by atoms with Gasteiger partial charge in [-0.05, 0) is 12.8 Å². The fraction of sp³-hybridized carbons (Fsp3) is 0.217. The van der Waals surface area contributed by atoms with E-state index in [1.165, 1.54) is 0 Å². The van der Waals surface area contributed by atoms with Crippen LogP contribution in [0.5, 0.6) is 0 Å². The average molecular weight is 394 g/mol. The first kappa shape index (κ1) is 18.5. The van der Waals surface area contributed by atoms with Crippen LogP contribution in [-0.2, 0) is 9.13 Å². The van der Waals surface area contributed by atoms with Crippen LogP contribution in [0.1, 0.15) is 12.8 Å². The Morgan fingerprint density at radius 1 is 0.778 bits per heavy atom. The minimum absolute atomic E-state index is 0.0221. The van der Waals surface area contributed by atoms with Crippen LogP contribution in [0.25, 0.3) is 0 Å². The zero-order valence-electron chi connectivity index (χ0n) is 15.3. The second-order valence-electron chi connectivity index (χ2n) is 7.24. The summed E-state index contributed by atoms with van der Waals surface area (Å²) in [4.78, 5) is 0. The molecule has 1 heterocycles. The van der Waals surface area contributed by atoms with Gasteiger partial charge < -0.3 is 9.13 Å². The molecule has 0 N–H and O–H groups in total. The van der Waals surface area contributed by atoms with Crippen LogP contribution in [0.4, 0.5) is 0 Å². The summed E-state index contributed by atoms with van der Waals surface area (Å²) in [7, 11) is -5.39. The van der Waals surface area contributed by atoms with E-state index in [-0.39, 0.29) is 5.66 Å². The molecule has 0 amide bonds. The Kier molecular flexibility index (Phi) is 5.22. The molecule has 3 aromatic rings. The Balaban J connectivity index is 1.77. The third-order valence-electron chi connectivity index (χ3n) is 5.63. The highest BCUT2D eigenvalue weighted by Gasteiger charge is 2.43. The van der Waals surface area contributed by atoms with Crippen LogP contribution in [0.2, 0.25) is 0 Å². The third-order valence-corrected chi connectivity index (χ3v) is 12.9. The highest BCUT2D eigenvalue weighted by Crippen LogP contribution is 2.61. The summed E-state index contributed by atoms with van der Waals surface area (Å²) in [6.45, 7) is 0. The highest BCUT2D eigenvalue weighted by atomic mass is 31.2. The van der Waals surface area contributed by atoms with Crippen molar-refractivity contribution in [3.63, 3.8) is 0 Å². The van der Waals surface area contributed by atoms with Crippen molar-refractivity contribution < 1.29 is 9.13 Å². The fourth-order valence-electron chi connectivity index (χ4n) is 4.19. The molecule has 0 radical (unpaired) electrons. The van der Waals surface area contributed by atoms with Crippen molar-refractivity contribution in [2.45, 2.75) is 18.5 Å². The van der Waals surface area contributed by atoms with Crippen LogP contribution < -0.4 is 15.9 Å². The lowest BCUT2D eigenvalue weighted by Crippen LogP contribution is -2.26. The molecule has 3 aromatic carbocycles. The first-order chi connectivity index (χ1) is 13.1. The summed E-state index contributed by atoms with van der Waals surface area (Å²) >= 11 is 0. The van der Waals surface area contributed by atoms with Gasteiger partial charge in [-0.1, -0.05) is 91.0 Å². The minimum Gasteiger partial charge on any atom is -0.318 e. The molecular formula is C23H24O2P2. The summed E-state index contributed by atoms with van der Waals surface area (Å²) in [5.41, 5.74) is -0.0221. The second-order valence-corrected chi connectivity index (χ2v) is 13.4. The number of hydrogen-bond acceptors (Lipinski definition) is 2. The zero-order valence-corrected chi connectivity index (χ0v) is 17.1. The molecule has 27 heavy (non-hydrogen) atoms. The first-order valence-electron chi connectivity index (χ1n) is 9.48. The normalized spacial score (nSPS) is 22.6. The van der Waals surface area contributed by atoms with Gasteiger partial charge in [-0.2, -0.15) is 0 Å². The summed E-state index contributed by atoms with van der Waals surface area (Å²) in [5.74, 6) is 0. The van der Waals surface area contributed by atoms with Crippen LogP contribution >= 0.6 is 14.3 Å². The predicted molar refractivity (Wildman–Crippen MR) is 116 cm³/mol. The van der Waals surface area contributed by atoms with Gasteiger partial charge in [0, 0.05) is 33.9 Å². The minimum atomic E-state index is -2.85. The van der Waals surface area contributed by atoms with E-state index in [1.54, 1.807) is 0 Å². The molecule has 2 atom stereocenters. The Morgan fingerprint density at radius 3 is 1.78 bits per heavy atom. The predicted octanol–water partition coefficient (Wildman–Crippen LogP) is 4.85. The van der Waals surface area contributed by atoms with Crippen LogP contribution in [0.3, 0.4) is 0 Å². The van der Waals surface area contributed by atoms with E-state index in [0.29, 0.717) is 6.16 Å². The molecule has 1 aliphatic heterocycles. The number of benzene rings is 3. The van der Waals surface area contributed by atoms with Gasteiger partial charge in [-0.25, -0.2) is 0 Å². The van der Waals surface area contributed by atoms with E-state index >= 15 is 0 Å². The molecule has 4 heteroatoms. The van der Waals surface area contributed by atoms with E-state index in [9.17, 15) is 9.13 Å². The molecular weight excluding hydrogens is 370 g/mol. The second kappa shape index (κ2) is 7.63. The van der Waals surface area contributed by atoms with E-state index in [1.807, 2.05) is 91.0 Å². The fourth-order valence-corrected chi connectivity index (χ4v) is 11.7. The van der Waals surface area contributed by atoms with Gasteiger partial charge >= 0.3 is 0 Å². The molecule has 1 saturated heterocycles. The summed E-state index contributed by atoms with van der Waals surface area (Å²) < 4.78 is 28.3. The molecule has 4 rings (SSSR count). The highest BCUT2D eigenvalue weighted by molar-refractivity contribution is 7.80. The van der Waals surface area contributed by atoms with E-state index in [4.69, 9.17) is 0 Å². The molecule has 1 fully saturated rings. The van der Waals surface area contributed by atoms with E-state index < -0.39 is 14.3 Å². The smallest absolute Gasteiger partial charge is 0.143 e. The van der Waals surface area contributed by atoms with Gasteiger partial charge in [0.05, 0.1) is 0 Å². The van der Waals surface area contributed by atoms with Gasteiger partial charge in [-0.3, -0.25) is 0 Å². The maximum Gasteiger partial charge on any atom is 0.143 e. The lowest BCUT2D eigenvalue weighted by molar-refractivity contribution is 0.573. The van der Waals surface area contributed by atoms with Gasteiger partial charge in [0.2, 0.25) is 0 Å². The van der Waals surface area contributed by atoms with Crippen LogP contribution in [-0.4, -0.2) is 18.0 Å². The topological polar surface area (TPSA) is 34.1 Å². The van der Waals surface area contributed by atoms with Crippen molar-refractivity contribution in [2.75, 3.05) is 12.3 Å². The standard InChI is InChI=1S/C23H24O2P2/c24-26(20-11-4-1-5-12-20)18-10-17-23(26)19-27(25,21-13-6-2-7-14-21)22-15-8-3-9-16-22/h1-9,11-16,23H,10,17-19H2/t23-,26-/m1/s1. The average Bonchev–Trinajstić information content (AvgIpc) is 3.11. The SMILES string of the molecule is O=P(C[C@H]1CCC[P@@]1(=O)c1ccccc1)(c1ccccc1)c1ccccc1. The molecule has 2 nitrogen and oxygen atoms in total. The van der Waals surface area contributed by atoms with Crippen molar-refractivity contribution in [1.29, 1.82) is 0 Å². The molecule has 1 aliphatic rings. The summed E-state index contributed by atoms with van der Waals surface area (Å²) in [6, 6.07) is 29.3. The van der Waals surface area contributed by atoms with Gasteiger partial charge in [0.25, 0.3) is 0 Å². The maximum absolute atomic E-state index is 14.4. The Hall–Kier alpha value is -1.88. The summed E-state index contributed by atoms with van der Waals surface area (Å²) in [5, 5.41) is 2.67. The van der Waals surface area contributed by atoms with Crippen LogP contribution in [0, 0.1) is 0 Å². The van der Waals surface area contributed by atoms with Crippen LogP contribution in [0.15, 0.2) is 91.0 Å². The van der Waals surface area contributed by atoms with Gasteiger partial charge in [0.1, 0.15) is 14.3 Å². The third kappa shape index (κ3) is 3.49. The Morgan fingerprint density at radius 2 is 1.26 bits per heavy atom. The lowest BCUT2D eigenvalue weighted by atomic mass is 10.3. The summed E-state index contributed by atoms with van der Waals surface area (Å²) in [6.07, 6.45) is 3.04. The molecule has 0 spiro atoms. The zero-order chi connectivity index (χ0) is 18.7. The van der Waals surface area contributed by atoms with Crippen molar-refractivity contribution >= 4 is 30.2 Å². The van der Waals surface area contributed by atoms with Gasteiger partial charge in [0.15, 0.2) is 0 Å². The maximum atomic E-state index is 14.4. The van der Waals surface area contributed by atoms with Crippen molar-refractivity contribution in [3.8, 4) is 0 Å².